The van der Waals surface area contributed by atoms with Gasteiger partial charge < -0.3 is 29.2 Å². The van der Waals surface area contributed by atoms with E-state index in [1.165, 1.54) is 0 Å². The minimum absolute atomic E-state index is 0.00497. The summed E-state index contributed by atoms with van der Waals surface area (Å²) in [7, 11) is 1.64. The highest BCUT2D eigenvalue weighted by molar-refractivity contribution is 5.84. The Morgan fingerprint density at radius 2 is 2.21 bits per heavy atom. The van der Waals surface area contributed by atoms with Crippen molar-refractivity contribution < 1.29 is 23.7 Å². The third-order valence-electron chi connectivity index (χ3n) is 6.66. The van der Waals surface area contributed by atoms with Crippen molar-refractivity contribution in [2.24, 2.45) is 0 Å². The number of hydrogen-bond donors (Lipinski definition) is 1. The van der Waals surface area contributed by atoms with Gasteiger partial charge in [-0.2, -0.15) is 10.1 Å². The van der Waals surface area contributed by atoms with Crippen LogP contribution < -0.4 is 14.8 Å². The van der Waals surface area contributed by atoms with Crippen LogP contribution in [0.15, 0.2) is 36.7 Å². The molecule has 3 aliphatic rings. The lowest BCUT2D eigenvalue weighted by atomic mass is 10.1. The van der Waals surface area contributed by atoms with E-state index in [1.807, 2.05) is 29.3 Å². The Morgan fingerprint density at radius 1 is 1.29 bits per heavy atom. The van der Waals surface area contributed by atoms with Gasteiger partial charge in [-0.25, -0.2) is 4.52 Å². The van der Waals surface area contributed by atoms with E-state index in [9.17, 15) is 4.79 Å². The summed E-state index contributed by atoms with van der Waals surface area (Å²) < 4.78 is 24.7. The molecule has 6 rings (SSSR count). The van der Waals surface area contributed by atoms with Gasteiger partial charge in [-0.05, 0) is 24.1 Å². The van der Waals surface area contributed by atoms with Crippen LogP contribution in [-0.2, 0) is 14.3 Å². The fraction of sp³-hybridized carbons (Fsp3) is 0.458. The van der Waals surface area contributed by atoms with Crippen LogP contribution >= 0.6 is 0 Å². The average molecular weight is 466 g/mol. The van der Waals surface area contributed by atoms with Gasteiger partial charge in [0.05, 0.1) is 32.1 Å². The minimum Gasteiger partial charge on any atom is -0.497 e. The van der Waals surface area contributed by atoms with Gasteiger partial charge >= 0.3 is 0 Å². The standard InChI is InChI=1S/C24H27N5O5/c1-31-19-9-15-8-16(10-19)25-4-6-28-17(11-21(24(28)30)33-14-18-3-7-32-18)13-34-22-2-5-29-23(27-22)20(15)12-26-29/h2,5,8-10,12,17-18,21,25H,3-4,6-7,11,13-14H2,1H3/t17-,18?,21+/m0/s1. The number of fused-ring (bicyclic) bond motifs is 5. The summed E-state index contributed by atoms with van der Waals surface area (Å²) in [5, 5.41) is 7.87. The first kappa shape index (κ1) is 21.2. The van der Waals surface area contributed by atoms with Crippen LogP contribution in [0.3, 0.4) is 0 Å². The van der Waals surface area contributed by atoms with E-state index < -0.39 is 6.10 Å². The molecule has 0 aliphatic carbocycles. The largest absolute Gasteiger partial charge is 0.497 e. The van der Waals surface area contributed by atoms with Crippen LogP contribution in [0, 0.1) is 0 Å². The number of ether oxygens (including phenoxy) is 4. The predicted molar refractivity (Wildman–Crippen MR) is 123 cm³/mol. The quantitative estimate of drug-likeness (QED) is 0.625. The molecule has 34 heavy (non-hydrogen) atoms. The number of carbonyl (C=O) groups excluding carboxylic acids is 1. The Morgan fingerprint density at radius 3 is 3.03 bits per heavy atom. The summed E-state index contributed by atoms with van der Waals surface area (Å²) in [5.41, 5.74) is 3.40. The molecule has 1 aromatic carbocycles. The number of methoxy groups -OCH3 is 1. The predicted octanol–water partition coefficient (Wildman–Crippen LogP) is 1.98. The van der Waals surface area contributed by atoms with Gasteiger partial charge in [0.25, 0.3) is 5.91 Å². The van der Waals surface area contributed by atoms with Gasteiger partial charge in [0.1, 0.15) is 18.5 Å². The molecule has 0 radical (unpaired) electrons. The molecule has 1 amide bonds. The molecule has 10 heteroatoms. The molecule has 10 nitrogen and oxygen atoms in total. The van der Waals surface area contributed by atoms with Crippen molar-refractivity contribution in [2.75, 3.05) is 45.3 Å². The molecule has 2 aromatic heterocycles. The zero-order chi connectivity index (χ0) is 23.1. The number of carbonyl (C=O) groups is 1. The molecule has 3 aliphatic heterocycles. The number of anilines is 1. The fourth-order valence-electron chi connectivity index (χ4n) is 4.68. The smallest absolute Gasteiger partial charge is 0.252 e. The van der Waals surface area contributed by atoms with Gasteiger partial charge in [0, 0.05) is 55.7 Å². The van der Waals surface area contributed by atoms with Crippen molar-refractivity contribution >= 4 is 17.2 Å². The number of amides is 1. The zero-order valence-electron chi connectivity index (χ0n) is 19.0. The van der Waals surface area contributed by atoms with Gasteiger partial charge in [0.15, 0.2) is 5.65 Å². The van der Waals surface area contributed by atoms with Crippen LogP contribution in [0.5, 0.6) is 11.6 Å². The molecule has 178 valence electrons. The Labute approximate surface area is 196 Å². The van der Waals surface area contributed by atoms with Crippen molar-refractivity contribution in [3.8, 4) is 22.8 Å². The van der Waals surface area contributed by atoms with Crippen LogP contribution in [0.25, 0.3) is 16.8 Å². The summed E-state index contributed by atoms with van der Waals surface area (Å²) in [6.45, 7) is 2.68. The lowest BCUT2D eigenvalue weighted by molar-refractivity contribution is -0.145. The average Bonchev–Trinajstić information content (AvgIpc) is 3.37. The second-order valence-corrected chi connectivity index (χ2v) is 8.80. The Balaban J connectivity index is 1.31. The molecule has 2 saturated heterocycles. The number of benzene rings is 1. The first-order chi connectivity index (χ1) is 16.7. The van der Waals surface area contributed by atoms with Crippen molar-refractivity contribution in [1.29, 1.82) is 0 Å². The van der Waals surface area contributed by atoms with Crippen molar-refractivity contribution in [2.45, 2.75) is 31.1 Å². The Bertz CT molecular complexity index is 1210. The molecular formula is C24H27N5O5. The third-order valence-corrected chi connectivity index (χ3v) is 6.66. The van der Waals surface area contributed by atoms with Crippen LogP contribution in [0.4, 0.5) is 5.69 Å². The topological polar surface area (TPSA) is 99.5 Å². The summed E-state index contributed by atoms with van der Waals surface area (Å²) in [6, 6.07) is 7.62. The van der Waals surface area contributed by atoms with Gasteiger partial charge in [-0.3, -0.25) is 4.79 Å². The molecule has 0 saturated carbocycles. The highest BCUT2D eigenvalue weighted by atomic mass is 16.6. The minimum atomic E-state index is -0.478. The summed E-state index contributed by atoms with van der Waals surface area (Å²) >= 11 is 0. The maximum Gasteiger partial charge on any atom is 0.252 e. The van der Waals surface area contributed by atoms with Crippen molar-refractivity contribution in [3.63, 3.8) is 0 Å². The van der Waals surface area contributed by atoms with Crippen LogP contribution in [0.2, 0.25) is 0 Å². The van der Waals surface area contributed by atoms with Crippen LogP contribution in [-0.4, -0.2) is 83.7 Å². The first-order valence-electron chi connectivity index (χ1n) is 11.6. The molecule has 3 atom stereocenters. The van der Waals surface area contributed by atoms with E-state index in [4.69, 9.17) is 23.9 Å². The van der Waals surface area contributed by atoms with E-state index in [2.05, 4.69) is 10.4 Å². The third kappa shape index (κ3) is 3.92. The number of nitrogens with one attached hydrogen (secondary N) is 1. The molecule has 1 unspecified atom stereocenters. The van der Waals surface area contributed by atoms with Crippen LogP contribution in [0.1, 0.15) is 12.8 Å². The van der Waals surface area contributed by atoms with E-state index in [-0.39, 0.29) is 18.1 Å². The molecule has 1 N–H and O–H groups in total. The summed E-state index contributed by atoms with van der Waals surface area (Å²) in [4.78, 5) is 19.7. The summed E-state index contributed by atoms with van der Waals surface area (Å²) in [6.07, 6.45) is 4.80. The SMILES string of the molecule is COc1cc2cc(c1)-c1cnn3ccc(nc13)OC[C@@H]1C[C@@H](OCC3CCO3)C(=O)N1CCN2. The molecule has 3 aromatic rings. The summed E-state index contributed by atoms with van der Waals surface area (Å²) in [5.74, 6) is 1.21. The highest BCUT2D eigenvalue weighted by Crippen LogP contribution is 2.32. The number of aromatic nitrogens is 3. The maximum absolute atomic E-state index is 13.2. The number of rotatable bonds is 4. The molecular weight excluding hydrogens is 438 g/mol. The van der Waals surface area contributed by atoms with E-state index in [1.54, 1.807) is 23.9 Å². The Kier molecular flexibility index (Phi) is 5.46. The molecule has 0 spiro atoms. The fourth-order valence-corrected chi connectivity index (χ4v) is 4.68. The normalized spacial score (nSPS) is 24.2. The lowest BCUT2D eigenvalue weighted by Gasteiger charge is -2.27. The van der Waals surface area contributed by atoms with Crippen molar-refractivity contribution in [1.82, 2.24) is 19.5 Å². The number of hydrogen-bond acceptors (Lipinski definition) is 8. The maximum atomic E-state index is 13.2. The van der Waals surface area contributed by atoms with E-state index in [0.717, 1.165) is 35.6 Å². The van der Waals surface area contributed by atoms with Gasteiger partial charge in [-0.15, -0.1) is 0 Å². The van der Waals surface area contributed by atoms with Gasteiger partial charge in [0.2, 0.25) is 5.88 Å². The van der Waals surface area contributed by atoms with Crippen molar-refractivity contribution in [3.05, 3.63) is 36.7 Å². The Hall–Kier alpha value is -3.37. The highest BCUT2D eigenvalue weighted by Gasteiger charge is 2.41. The number of nitrogens with zero attached hydrogens (tertiary/aromatic N) is 4. The van der Waals surface area contributed by atoms with E-state index in [0.29, 0.717) is 44.3 Å². The first-order valence-corrected chi connectivity index (χ1v) is 11.6. The molecule has 4 bridgehead atoms. The molecule has 5 heterocycles. The lowest BCUT2D eigenvalue weighted by Crippen LogP contribution is -2.41. The second-order valence-electron chi connectivity index (χ2n) is 8.80. The monoisotopic (exact) mass is 465 g/mol. The van der Waals surface area contributed by atoms with E-state index >= 15 is 0 Å². The zero-order valence-corrected chi connectivity index (χ0v) is 19.0. The second kappa shape index (κ2) is 8.77. The van der Waals surface area contributed by atoms with Gasteiger partial charge in [-0.1, -0.05) is 0 Å². The molecule has 2 fully saturated rings.